The van der Waals surface area contributed by atoms with E-state index in [1.807, 2.05) is 83.2 Å². The Labute approximate surface area is 354 Å². The molecule has 2 unspecified atom stereocenters. The van der Waals surface area contributed by atoms with Crippen LogP contribution in [0.3, 0.4) is 0 Å². The molecule has 12 atom stereocenters. The third-order valence-corrected chi connectivity index (χ3v) is 12.6. The predicted octanol–water partition coefficient (Wildman–Crippen LogP) is 3.93. The van der Waals surface area contributed by atoms with Gasteiger partial charge in [-0.1, -0.05) is 31.2 Å². The van der Waals surface area contributed by atoms with Crippen LogP contribution in [-0.2, 0) is 39.8 Å². The Bertz CT molecular complexity index is 1820. The second-order valence-electron chi connectivity index (χ2n) is 17.5. The number of aliphatic hydroxyl groups excluding tert-OH is 1. The number of cyclic esters (lactones) is 1. The van der Waals surface area contributed by atoms with E-state index in [1.54, 1.807) is 23.6 Å². The van der Waals surface area contributed by atoms with Crippen LogP contribution in [0.2, 0.25) is 0 Å². The highest BCUT2D eigenvalue weighted by atomic mass is 16.7. The van der Waals surface area contributed by atoms with Crippen LogP contribution in [-0.4, -0.2) is 142 Å². The SMILES string of the molecule is CC[C@H]1OC(=O)[C@H](CC#N)C(=O)C[C@@H](O[C@@H]2O[C@H](C)CC(N(C)C)C2O)[C@](C)(OC)C[C@@H](C)CN[C@H](C)[C@H]2N(CCCCn3cc(-c4cccc(N)c4)nn3)C(=O)O[C@]12C. The number of ketones is 1. The molecule has 4 N–H and O–H groups in total. The molecule has 3 aliphatic rings. The van der Waals surface area contributed by atoms with Gasteiger partial charge < -0.3 is 44.7 Å². The van der Waals surface area contributed by atoms with E-state index in [9.17, 15) is 24.8 Å². The third kappa shape index (κ3) is 10.6. The maximum absolute atomic E-state index is 14.3. The Morgan fingerprint density at radius 3 is 2.55 bits per heavy atom. The maximum Gasteiger partial charge on any atom is 0.410 e. The molecule has 5 rings (SSSR count). The smallest absolute Gasteiger partial charge is 0.410 e. The number of methoxy groups -OCH3 is 1. The normalized spacial score (nSPS) is 34.6. The number of anilines is 1. The summed E-state index contributed by atoms with van der Waals surface area (Å²) >= 11 is 0. The van der Waals surface area contributed by atoms with Crippen molar-refractivity contribution in [2.24, 2.45) is 11.8 Å². The van der Waals surface area contributed by atoms with Gasteiger partial charge in [-0.3, -0.25) is 19.2 Å². The van der Waals surface area contributed by atoms with Crippen LogP contribution in [0, 0.1) is 23.2 Å². The molecule has 17 nitrogen and oxygen atoms in total. The zero-order chi connectivity index (χ0) is 43.9. The Morgan fingerprint density at radius 1 is 1.15 bits per heavy atom. The molecule has 2 aromatic rings. The highest BCUT2D eigenvalue weighted by Gasteiger charge is 2.58. The lowest BCUT2D eigenvalue weighted by Crippen LogP contribution is -2.61. The van der Waals surface area contributed by atoms with Gasteiger partial charge in [-0.2, -0.15) is 5.26 Å². The second kappa shape index (κ2) is 20.1. The fourth-order valence-corrected chi connectivity index (χ4v) is 9.18. The van der Waals surface area contributed by atoms with Gasteiger partial charge in [0, 0.05) is 50.0 Å². The van der Waals surface area contributed by atoms with E-state index in [0.29, 0.717) is 56.7 Å². The first-order valence-corrected chi connectivity index (χ1v) is 21.2. The maximum atomic E-state index is 14.3. The van der Waals surface area contributed by atoms with E-state index < -0.39 is 72.0 Å². The Morgan fingerprint density at radius 2 is 1.88 bits per heavy atom. The molecule has 0 radical (unpaired) electrons. The first kappa shape index (κ1) is 46.9. The zero-order valence-corrected chi connectivity index (χ0v) is 36.7. The quantitative estimate of drug-likeness (QED) is 0.119. The van der Waals surface area contributed by atoms with Crippen LogP contribution in [0.5, 0.6) is 0 Å². The zero-order valence-electron chi connectivity index (χ0n) is 36.7. The van der Waals surface area contributed by atoms with Gasteiger partial charge in [0.05, 0.1) is 42.5 Å². The number of aromatic nitrogens is 3. The summed E-state index contributed by atoms with van der Waals surface area (Å²) in [6, 6.07) is 8.26. The number of nitriles is 1. The number of benzene rings is 1. The Kier molecular flexibility index (Phi) is 15.7. The highest BCUT2D eigenvalue weighted by Crippen LogP contribution is 2.39. The molecule has 1 amide bonds. The van der Waals surface area contributed by atoms with Crippen molar-refractivity contribution in [2.75, 3.05) is 40.0 Å². The minimum atomic E-state index is -1.45. The van der Waals surface area contributed by atoms with E-state index >= 15 is 0 Å². The van der Waals surface area contributed by atoms with E-state index in [1.165, 1.54) is 0 Å². The highest BCUT2D eigenvalue weighted by molar-refractivity contribution is 5.99. The molecule has 0 aliphatic carbocycles. The van der Waals surface area contributed by atoms with Crippen LogP contribution in [0.4, 0.5) is 10.5 Å². The van der Waals surface area contributed by atoms with Crippen molar-refractivity contribution >= 4 is 23.5 Å². The third-order valence-electron chi connectivity index (χ3n) is 12.6. The van der Waals surface area contributed by atoms with Gasteiger partial charge in [0.1, 0.15) is 23.8 Å². The number of nitrogen functional groups attached to an aromatic ring is 1. The van der Waals surface area contributed by atoms with Crippen LogP contribution in [0.25, 0.3) is 11.3 Å². The van der Waals surface area contributed by atoms with Crippen molar-refractivity contribution in [1.82, 2.24) is 30.1 Å². The van der Waals surface area contributed by atoms with Crippen LogP contribution in [0.15, 0.2) is 30.5 Å². The number of aryl methyl sites for hydroxylation is 1. The molecule has 17 heteroatoms. The average Bonchev–Trinajstić information content (AvgIpc) is 3.78. The number of nitrogens with two attached hydrogens (primary N) is 1. The molecule has 1 aromatic carbocycles. The predicted molar refractivity (Wildman–Crippen MR) is 222 cm³/mol. The molecule has 1 aromatic heterocycles. The van der Waals surface area contributed by atoms with Gasteiger partial charge in [0.2, 0.25) is 0 Å². The summed E-state index contributed by atoms with van der Waals surface area (Å²) < 4.78 is 32.9. The number of nitrogens with one attached hydrogen (secondary N) is 1. The lowest BCUT2D eigenvalue weighted by molar-refractivity contribution is -0.289. The number of Topliss-reactive ketones (excluding diaryl/α,β-unsaturated/α-hetero) is 1. The number of hydrogen-bond donors (Lipinski definition) is 3. The van der Waals surface area contributed by atoms with Gasteiger partial charge >= 0.3 is 12.1 Å². The number of nitrogens with zero attached hydrogens (tertiary/aromatic N) is 6. The standard InChI is InChI=1S/C43H66N8O9/c1-10-35-43(6)38(51(41(55)60-43)19-12-11-18-50-25-32(47-48-50)29-14-13-15-30(45)21-29)28(4)46-24-26(2)23-42(5,56-9)36(22-34(52)31(16-17-44)39(54)58-35)59-40-37(53)33(49(7)8)20-27(3)57-40/h13-15,21,25-28,31,33,35-38,40,46,53H,10-12,16,18-20,22-24,45H2,1-9H3/t26-,27-,28-,31-,33?,35-,36-,37?,38-,40+,42-,43-/m1/s1. The molecule has 3 fully saturated rings. The number of ether oxygens (including phenoxy) is 5. The topological polar surface area (TPSA) is 217 Å². The molecule has 0 saturated carbocycles. The monoisotopic (exact) mass is 838 g/mol. The van der Waals surface area contributed by atoms with Gasteiger partial charge in [0.15, 0.2) is 17.7 Å². The number of rotatable bonds is 12. The van der Waals surface area contributed by atoms with Crippen molar-refractivity contribution in [3.63, 3.8) is 0 Å². The Hall–Kier alpha value is -4.18. The second-order valence-corrected chi connectivity index (χ2v) is 17.5. The lowest BCUT2D eigenvalue weighted by Gasteiger charge is -2.45. The van der Waals surface area contributed by atoms with Crippen molar-refractivity contribution in [3.05, 3.63) is 30.5 Å². The number of aliphatic hydroxyl groups is 1. The first-order valence-electron chi connectivity index (χ1n) is 21.2. The first-order chi connectivity index (χ1) is 28.4. The summed E-state index contributed by atoms with van der Waals surface area (Å²) in [5, 5.41) is 33.5. The van der Waals surface area contributed by atoms with E-state index in [-0.39, 0.29) is 36.9 Å². The van der Waals surface area contributed by atoms with Crippen molar-refractivity contribution in [1.29, 1.82) is 5.26 Å². The molecule has 332 valence electrons. The summed E-state index contributed by atoms with van der Waals surface area (Å²) in [7, 11) is 5.30. The lowest BCUT2D eigenvalue weighted by atomic mass is 9.83. The number of carbonyl (C=O) groups excluding carboxylic acids is 3. The van der Waals surface area contributed by atoms with Crippen molar-refractivity contribution < 1.29 is 43.2 Å². The molecular weight excluding hydrogens is 773 g/mol. The minimum absolute atomic E-state index is 0.0539. The summed E-state index contributed by atoms with van der Waals surface area (Å²) in [5.74, 6) is -2.96. The van der Waals surface area contributed by atoms with Crippen LogP contribution >= 0.6 is 0 Å². The summed E-state index contributed by atoms with van der Waals surface area (Å²) in [4.78, 5) is 45.8. The average molecular weight is 839 g/mol. The molecule has 0 bridgehead atoms. The van der Waals surface area contributed by atoms with Gasteiger partial charge in [-0.15, -0.1) is 5.10 Å². The number of hydrogen-bond acceptors (Lipinski definition) is 15. The molecule has 3 aliphatic heterocycles. The van der Waals surface area contributed by atoms with Crippen molar-refractivity contribution in [3.8, 4) is 17.3 Å². The number of amides is 1. The molecular formula is C43H66N8O9. The number of unbranched alkanes of at least 4 members (excludes halogenated alkanes) is 1. The molecule has 3 saturated heterocycles. The van der Waals surface area contributed by atoms with E-state index in [2.05, 4.69) is 22.6 Å². The van der Waals surface area contributed by atoms with Crippen LogP contribution in [0.1, 0.15) is 86.5 Å². The molecule has 0 spiro atoms. The van der Waals surface area contributed by atoms with Crippen molar-refractivity contribution in [2.45, 2.75) is 153 Å². The number of esters is 1. The van der Waals surface area contributed by atoms with Gasteiger partial charge in [-0.25, -0.2) is 4.79 Å². The van der Waals surface area contributed by atoms with Crippen LogP contribution < -0.4 is 11.1 Å². The number of likely N-dealkylation sites (N-methyl/N-ethyl adjacent to an activating group) is 1. The largest absolute Gasteiger partial charge is 0.457 e. The fraction of sp³-hybridized carbons (Fsp3) is 0.721. The fourth-order valence-electron chi connectivity index (χ4n) is 9.18. The van der Waals surface area contributed by atoms with E-state index in [0.717, 1.165) is 5.56 Å². The summed E-state index contributed by atoms with van der Waals surface area (Å²) in [5.41, 5.74) is 5.77. The summed E-state index contributed by atoms with van der Waals surface area (Å²) in [6.07, 6.45) is -1.12. The number of fused-ring (bicyclic) bond motifs is 1. The van der Waals surface area contributed by atoms with E-state index in [4.69, 9.17) is 29.4 Å². The van der Waals surface area contributed by atoms with Gasteiger partial charge in [-0.05, 0) is 98.5 Å². The van der Waals surface area contributed by atoms with Gasteiger partial charge in [0.25, 0.3) is 0 Å². The minimum Gasteiger partial charge on any atom is -0.457 e. The summed E-state index contributed by atoms with van der Waals surface area (Å²) in [6.45, 7) is 12.8. The Balaban J connectivity index is 1.39. The molecule has 60 heavy (non-hydrogen) atoms. The molecule has 4 heterocycles. The number of carbonyl (C=O) groups is 3.